The number of rotatable bonds is 5. The topological polar surface area (TPSA) is 97.3 Å². The van der Waals surface area contributed by atoms with Crippen LogP contribution in [0, 0.1) is 0 Å². The fourth-order valence-corrected chi connectivity index (χ4v) is 3.48. The van der Waals surface area contributed by atoms with Crippen LogP contribution >= 0.6 is 11.8 Å². The highest BCUT2D eigenvalue weighted by Gasteiger charge is 2.48. The van der Waals surface area contributed by atoms with Crippen LogP contribution in [0.3, 0.4) is 0 Å². The molecule has 0 aliphatic carbocycles. The van der Waals surface area contributed by atoms with E-state index in [-0.39, 0.29) is 23.1 Å². The average molecular weight is 397 g/mol. The summed E-state index contributed by atoms with van der Waals surface area (Å²) in [5.41, 5.74) is -0.436. The predicted molar refractivity (Wildman–Crippen MR) is 103 cm³/mol. The van der Waals surface area contributed by atoms with E-state index >= 15 is 0 Å². The van der Waals surface area contributed by atoms with E-state index in [0.29, 0.717) is 5.17 Å². The van der Waals surface area contributed by atoms with Gasteiger partial charge in [0.1, 0.15) is 11.4 Å². The van der Waals surface area contributed by atoms with Gasteiger partial charge in [0.2, 0.25) is 5.91 Å². The number of thioether (sulfide) groups is 1. The predicted octanol–water partition coefficient (Wildman–Crippen LogP) is 1.80. The van der Waals surface area contributed by atoms with E-state index in [1.165, 1.54) is 16.7 Å². The lowest BCUT2D eigenvalue weighted by atomic mass is 10.0. The van der Waals surface area contributed by atoms with E-state index in [9.17, 15) is 14.4 Å². The fourth-order valence-electron chi connectivity index (χ4n) is 2.58. The summed E-state index contributed by atoms with van der Waals surface area (Å²) in [5.74, 6) is -1.30. The van der Waals surface area contributed by atoms with Crippen LogP contribution in [-0.2, 0) is 23.9 Å². The normalized spacial score (nSPS) is 20.0. The van der Waals surface area contributed by atoms with Crippen molar-refractivity contribution in [1.82, 2.24) is 10.2 Å². The Morgan fingerprint density at radius 1 is 1.19 bits per heavy atom. The molecule has 2 heterocycles. The van der Waals surface area contributed by atoms with Crippen molar-refractivity contribution in [2.24, 2.45) is 4.99 Å². The monoisotopic (exact) mass is 397 g/mol. The van der Waals surface area contributed by atoms with Crippen LogP contribution in [0.4, 0.5) is 0 Å². The Morgan fingerprint density at radius 3 is 2.30 bits per heavy atom. The van der Waals surface area contributed by atoms with Gasteiger partial charge in [-0.2, -0.15) is 0 Å². The maximum atomic E-state index is 12.9. The minimum Gasteiger partial charge on any atom is -0.461 e. The van der Waals surface area contributed by atoms with Gasteiger partial charge in [-0.3, -0.25) is 9.69 Å². The lowest BCUT2D eigenvalue weighted by Gasteiger charge is -2.34. The lowest BCUT2D eigenvalue weighted by molar-refractivity contribution is -0.156. The molecule has 0 radical (unpaired) electrons. The molecule has 0 aromatic rings. The molecule has 0 saturated carbocycles. The quantitative estimate of drug-likeness (QED) is 0.707. The number of amides is 1. The standard InChI is InChI=1S/C18H27N3O5S/c1-9(2)25-15(23)12-13(16(24)26-10(3)4)21-11(22)8-27-17(21)19-14(12)20-18(5,6)7/h9-10,13,20H,8H2,1-7H3. The minimum absolute atomic E-state index is 0.0103. The first kappa shape index (κ1) is 21.3. The molecule has 27 heavy (non-hydrogen) atoms. The number of aliphatic imine (C=N–C) groups is 1. The first-order chi connectivity index (χ1) is 12.4. The van der Waals surface area contributed by atoms with Crippen molar-refractivity contribution in [3.05, 3.63) is 11.4 Å². The zero-order valence-corrected chi connectivity index (χ0v) is 17.6. The zero-order chi connectivity index (χ0) is 20.5. The second-order valence-corrected chi connectivity index (χ2v) is 8.87. The molecule has 1 N–H and O–H groups in total. The Morgan fingerprint density at radius 2 is 1.78 bits per heavy atom. The number of esters is 2. The summed E-state index contributed by atoms with van der Waals surface area (Å²) in [6, 6.07) is -1.22. The lowest BCUT2D eigenvalue weighted by Crippen LogP contribution is -2.53. The molecule has 2 rings (SSSR count). The average Bonchev–Trinajstić information content (AvgIpc) is 2.83. The van der Waals surface area contributed by atoms with Crippen molar-refractivity contribution >= 4 is 34.8 Å². The van der Waals surface area contributed by atoms with Gasteiger partial charge in [-0.25, -0.2) is 14.6 Å². The van der Waals surface area contributed by atoms with Gasteiger partial charge in [0.05, 0.1) is 18.0 Å². The number of hydrogen-bond acceptors (Lipinski definition) is 8. The Hall–Kier alpha value is -2.03. The molecule has 1 atom stereocenters. The molecule has 150 valence electrons. The van der Waals surface area contributed by atoms with Gasteiger partial charge in [-0.1, -0.05) is 11.8 Å². The molecule has 8 nitrogen and oxygen atoms in total. The number of nitrogens with one attached hydrogen (secondary N) is 1. The van der Waals surface area contributed by atoms with E-state index < -0.39 is 35.7 Å². The first-order valence-electron chi connectivity index (χ1n) is 8.88. The molecule has 1 fully saturated rings. The maximum Gasteiger partial charge on any atom is 0.340 e. The number of ether oxygens (including phenoxy) is 2. The SMILES string of the molecule is CC(C)OC(=O)C1=C(NC(C)(C)C)N=C2SCC(=O)N2C1C(=O)OC(C)C. The van der Waals surface area contributed by atoms with Gasteiger partial charge in [0.25, 0.3) is 0 Å². The van der Waals surface area contributed by atoms with Crippen molar-refractivity contribution in [3.63, 3.8) is 0 Å². The molecular weight excluding hydrogens is 370 g/mol. The summed E-state index contributed by atoms with van der Waals surface area (Å²) in [6.07, 6.45) is -0.789. The second-order valence-electron chi connectivity index (χ2n) is 7.93. The summed E-state index contributed by atoms with van der Waals surface area (Å²) in [6.45, 7) is 12.6. The number of fused-ring (bicyclic) bond motifs is 1. The molecule has 0 aromatic carbocycles. The summed E-state index contributed by atoms with van der Waals surface area (Å²) in [7, 11) is 0. The molecular formula is C18H27N3O5S. The van der Waals surface area contributed by atoms with Crippen LogP contribution in [0.5, 0.6) is 0 Å². The number of carbonyl (C=O) groups is 3. The van der Waals surface area contributed by atoms with Crippen molar-refractivity contribution < 1.29 is 23.9 Å². The molecule has 0 bridgehead atoms. The smallest absolute Gasteiger partial charge is 0.340 e. The number of carbonyl (C=O) groups excluding carboxylic acids is 3. The molecule has 1 amide bonds. The zero-order valence-electron chi connectivity index (χ0n) is 16.8. The molecule has 2 aliphatic heterocycles. The summed E-state index contributed by atoms with van der Waals surface area (Å²) < 4.78 is 10.7. The van der Waals surface area contributed by atoms with Crippen LogP contribution in [0.2, 0.25) is 0 Å². The summed E-state index contributed by atoms with van der Waals surface area (Å²) in [5, 5.41) is 3.53. The van der Waals surface area contributed by atoms with E-state index in [1.54, 1.807) is 27.7 Å². The summed E-state index contributed by atoms with van der Waals surface area (Å²) in [4.78, 5) is 43.8. The Labute approximate surface area is 163 Å². The molecule has 1 unspecified atom stereocenters. The van der Waals surface area contributed by atoms with Crippen molar-refractivity contribution in [2.75, 3.05) is 5.75 Å². The molecule has 0 spiro atoms. The van der Waals surface area contributed by atoms with Crippen molar-refractivity contribution in [1.29, 1.82) is 0 Å². The number of amidine groups is 1. The largest absolute Gasteiger partial charge is 0.461 e. The first-order valence-corrected chi connectivity index (χ1v) is 9.86. The van der Waals surface area contributed by atoms with Crippen LogP contribution in [0.1, 0.15) is 48.5 Å². The third-order valence-electron chi connectivity index (χ3n) is 3.42. The number of nitrogens with zero attached hydrogens (tertiary/aromatic N) is 2. The number of hydrogen-bond donors (Lipinski definition) is 1. The van der Waals surface area contributed by atoms with Crippen LogP contribution in [0.25, 0.3) is 0 Å². The van der Waals surface area contributed by atoms with E-state index in [2.05, 4.69) is 10.3 Å². The van der Waals surface area contributed by atoms with Gasteiger partial charge in [0.15, 0.2) is 11.2 Å². The van der Waals surface area contributed by atoms with Gasteiger partial charge < -0.3 is 14.8 Å². The highest BCUT2D eigenvalue weighted by molar-refractivity contribution is 8.15. The van der Waals surface area contributed by atoms with E-state index in [1.807, 2.05) is 20.8 Å². The van der Waals surface area contributed by atoms with Gasteiger partial charge in [0, 0.05) is 5.54 Å². The van der Waals surface area contributed by atoms with Crippen LogP contribution in [-0.4, -0.2) is 57.5 Å². The van der Waals surface area contributed by atoms with E-state index in [0.717, 1.165) is 0 Å². The highest BCUT2D eigenvalue weighted by Crippen LogP contribution is 2.33. The van der Waals surface area contributed by atoms with Crippen LogP contribution in [0.15, 0.2) is 16.4 Å². The third-order valence-corrected chi connectivity index (χ3v) is 4.36. The minimum atomic E-state index is -1.22. The molecule has 2 aliphatic rings. The van der Waals surface area contributed by atoms with E-state index in [4.69, 9.17) is 9.47 Å². The molecule has 9 heteroatoms. The second kappa shape index (κ2) is 7.92. The van der Waals surface area contributed by atoms with Gasteiger partial charge >= 0.3 is 11.9 Å². The van der Waals surface area contributed by atoms with Crippen LogP contribution < -0.4 is 5.32 Å². The Kier molecular flexibility index (Phi) is 6.24. The third kappa shape index (κ3) is 5.03. The molecule has 0 aromatic heterocycles. The maximum absolute atomic E-state index is 12.9. The van der Waals surface area contributed by atoms with Gasteiger partial charge in [-0.15, -0.1) is 0 Å². The molecule has 1 saturated heterocycles. The Bertz CT molecular complexity index is 706. The fraction of sp³-hybridized carbons (Fsp3) is 0.667. The van der Waals surface area contributed by atoms with Crippen molar-refractivity contribution in [2.45, 2.75) is 72.3 Å². The van der Waals surface area contributed by atoms with Gasteiger partial charge in [-0.05, 0) is 48.5 Å². The van der Waals surface area contributed by atoms with Crippen molar-refractivity contribution in [3.8, 4) is 0 Å². The Balaban J connectivity index is 2.60. The summed E-state index contributed by atoms with van der Waals surface area (Å²) >= 11 is 1.22. The highest BCUT2D eigenvalue weighted by atomic mass is 32.2.